The molecule has 1 rings (SSSR count). The Morgan fingerprint density at radius 1 is 2.00 bits per heavy atom. The summed E-state index contributed by atoms with van der Waals surface area (Å²) in [5.74, 6) is 0.671. The summed E-state index contributed by atoms with van der Waals surface area (Å²) in [6.07, 6.45) is 3.25. The van der Waals surface area contributed by atoms with Crippen LogP contribution in [0.15, 0.2) is 11.8 Å². The van der Waals surface area contributed by atoms with E-state index in [9.17, 15) is 0 Å². The Bertz CT molecular complexity index is 83.9. The fourth-order valence-electron chi connectivity index (χ4n) is 0.490. The molecule has 0 aromatic carbocycles. The minimum Gasteiger partial charge on any atom is -0.402 e. The third-order valence-electron chi connectivity index (χ3n) is 1.28. The van der Waals surface area contributed by atoms with E-state index in [0.717, 1.165) is 5.70 Å². The lowest BCUT2D eigenvalue weighted by Crippen LogP contribution is -2.15. The van der Waals surface area contributed by atoms with Crippen LogP contribution in [0.2, 0.25) is 0 Å². The van der Waals surface area contributed by atoms with Crippen LogP contribution >= 0.6 is 0 Å². The number of hydrogen-bond donors (Lipinski definition) is 1. The van der Waals surface area contributed by atoms with Crippen LogP contribution in [0.3, 0.4) is 0 Å². The van der Waals surface area contributed by atoms with Crippen LogP contribution in [0, 0.1) is 5.92 Å². The monoisotopic (exact) mass is 83.1 g/mol. The van der Waals surface area contributed by atoms with Gasteiger partial charge in [-0.15, -0.1) is 0 Å². The van der Waals surface area contributed by atoms with Crippen molar-refractivity contribution >= 4 is 0 Å². The molecule has 0 radical (unpaired) electrons. The minimum absolute atomic E-state index is 0.671. The number of allylic oxidation sites excluding steroid dienone is 2. The third kappa shape index (κ3) is 0.313. The molecule has 0 fully saturated rings. The maximum atomic E-state index is 5.38. The Morgan fingerprint density at radius 2 is 2.50 bits per heavy atom. The van der Waals surface area contributed by atoms with Crippen LogP contribution in [-0.4, -0.2) is 0 Å². The van der Waals surface area contributed by atoms with Crippen molar-refractivity contribution in [3.63, 3.8) is 0 Å². The van der Waals surface area contributed by atoms with Crippen molar-refractivity contribution in [2.75, 3.05) is 0 Å². The first kappa shape index (κ1) is 3.72. The second-order valence-electron chi connectivity index (χ2n) is 1.84. The molecule has 1 heteroatoms. The fourth-order valence-corrected chi connectivity index (χ4v) is 0.490. The molecule has 0 aromatic heterocycles. The zero-order valence-corrected chi connectivity index (χ0v) is 3.94. The van der Waals surface area contributed by atoms with Gasteiger partial charge in [-0.2, -0.15) is 0 Å². The zero-order chi connectivity index (χ0) is 4.57. The van der Waals surface area contributed by atoms with E-state index < -0.39 is 0 Å². The van der Waals surface area contributed by atoms with Gasteiger partial charge in [0.15, 0.2) is 0 Å². The van der Waals surface area contributed by atoms with Gasteiger partial charge in [0.2, 0.25) is 0 Å². The number of rotatable bonds is 0. The smallest absolute Gasteiger partial charge is 0.00720 e. The van der Waals surface area contributed by atoms with E-state index >= 15 is 0 Å². The van der Waals surface area contributed by atoms with E-state index in [2.05, 4.69) is 13.0 Å². The Morgan fingerprint density at radius 3 is 2.50 bits per heavy atom. The van der Waals surface area contributed by atoms with E-state index in [1.807, 2.05) is 0 Å². The lowest BCUT2D eigenvalue weighted by atomic mass is 9.93. The van der Waals surface area contributed by atoms with E-state index in [4.69, 9.17) is 5.73 Å². The molecule has 0 bridgehead atoms. The normalized spacial score (nSPS) is 31.5. The minimum atomic E-state index is 0.671. The van der Waals surface area contributed by atoms with Gasteiger partial charge in [0, 0.05) is 5.70 Å². The first-order valence-corrected chi connectivity index (χ1v) is 2.26. The predicted molar refractivity (Wildman–Crippen MR) is 26.1 cm³/mol. The molecule has 0 amide bonds. The average Bonchev–Trinajstić information content (AvgIpc) is 1.61. The lowest BCUT2D eigenvalue weighted by Gasteiger charge is -2.17. The topological polar surface area (TPSA) is 26.0 Å². The molecule has 34 valence electrons. The highest BCUT2D eigenvalue weighted by Crippen LogP contribution is 2.20. The lowest BCUT2D eigenvalue weighted by molar-refractivity contribution is 0.614. The quantitative estimate of drug-likeness (QED) is 0.462. The molecule has 0 heterocycles. The van der Waals surface area contributed by atoms with Gasteiger partial charge in [-0.1, -0.05) is 13.0 Å². The maximum absolute atomic E-state index is 5.38. The molecular formula is C5H9N. The van der Waals surface area contributed by atoms with Crippen molar-refractivity contribution in [2.45, 2.75) is 13.3 Å². The zero-order valence-electron chi connectivity index (χ0n) is 3.94. The van der Waals surface area contributed by atoms with E-state index in [-0.39, 0.29) is 0 Å². The second kappa shape index (κ2) is 1.00. The highest BCUT2D eigenvalue weighted by atomic mass is 14.6. The predicted octanol–water partition coefficient (Wildman–Crippen LogP) is 0.869. The summed E-state index contributed by atoms with van der Waals surface area (Å²) >= 11 is 0. The summed E-state index contributed by atoms with van der Waals surface area (Å²) < 4.78 is 0. The third-order valence-corrected chi connectivity index (χ3v) is 1.28. The summed E-state index contributed by atoms with van der Waals surface area (Å²) in [5.41, 5.74) is 6.45. The van der Waals surface area contributed by atoms with Gasteiger partial charge in [0.1, 0.15) is 0 Å². The summed E-state index contributed by atoms with van der Waals surface area (Å²) in [5, 5.41) is 0. The van der Waals surface area contributed by atoms with Gasteiger partial charge in [0.25, 0.3) is 0 Å². The standard InChI is InChI=1S/C5H9N/c1-4-2-3-5(4)6/h3-4H,2,6H2,1H3/t4-/m0/s1. The second-order valence-corrected chi connectivity index (χ2v) is 1.84. The first-order chi connectivity index (χ1) is 2.80. The number of nitrogens with two attached hydrogens (primary N) is 1. The molecule has 0 unspecified atom stereocenters. The van der Waals surface area contributed by atoms with Crippen molar-refractivity contribution in [3.05, 3.63) is 11.8 Å². The maximum Gasteiger partial charge on any atom is 0.00720 e. The molecule has 0 aliphatic heterocycles. The van der Waals surface area contributed by atoms with Crippen LogP contribution in [0.4, 0.5) is 0 Å². The Labute approximate surface area is 37.8 Å². The Kier molecular flexibility index (Phi) is 0.621. The van der Waals surface area contributed by atoms with Crippen molar-refractivity contribution in [3.8, 4) is 0 Å². The molecule has 1 aliphatic carbocycles. The highest BCUT2D eigenvalue weighted by molar-refractivity contribution is 5.11. The molecular weight excluding hydrogens is 74.1 g/mol. The van der Waals surface area contributed by atoms with Gasteiger partial charge in [-0.25, -0.2) is 0 Å². The first-order valence-electron chi connectivity index (χ1n) is 2.26. The molecule has 0 spiro atoms. The molecule has 2 N–H and O–H groups in total. The van der Waals surface area contributed by atoms with Crippen LogP contribution in [0.5, 0.6) is 0 Å². The summed E-state index contributed by atoms with van der Waals surface area (Å²) in [7, 11) is 0. The SMILES string of the molecule is C[C@H]1CC=C1N. The molecule has 1 nitrogen and oxygen atoms in total. The van der Waals surface area contributed by atoms with E-state index in [0.29, 0.717) is 5.92 Å². The van der Waals surface area contributed by atoms with Crippen molar-refractivity contribution in [2.24, 2.45) is 11.7 Å². The van der Waals surface area contributed by atoms with Crippen molar-refractivity contribution in [1.82, 2.24) is 0 Å². The molecule has 0 saturated carbocycles. The summed E-state index contributed by atoms with van der Waals surface area (Å²) in [6.45, 7) is 2.13. The van der Waals surface area contributed by atoms with Crippen LogP contribution in [0.25, 0.3) is 0 Å². The van der Waals surface area contributed by atoms with E-state index in [1.165, 1.54) is 6.42 Å². The van der Waals surface area contributed by atoms with Crippen molar-refractivity contribution < 1.29 is 0 Å². The summed E-state index contributed by atoms with van der Waals surface area (Å²) in [4.78, 5) is 0. The highest BCUT2D eigenvalue weighted by Gasteiger charge is 2.10. The van der Waals surface area contributed by atoms with Gasteiger partial charge < -0.3 is 5.73 Å². The average molecular weight is 83.1 g/mol. The fraction of sp³-hybridized carbons (Fsp3) is 0.600. The molecule has 1 aliphatic rings. The van der Waals surface area contributed by atoms with Gasteiger partial charge in [-0.05, 0) is 12.3 Å². The van der Waals surface area contributed by atoms with Crippen LogP contribution in [0.1, 0.15) is 13.3 Å². The van der Waals surface area contributed by atoms with E-state index in [1.54, 1.807) is 0 Å². The molecule has 0 saturated heterocycles. The van der Waals surface area contributed by atoms with Crippen molar-refractivity contribution in [1.29, 1.82) is 0 Å². The number of hydrogen-bond acceptors (Lipinski definition) is 1. The Hall–Kier alpha value is -0.460. The van der Waals surface area contributed by atoms with Crippen LogP contribution < -0.4 is 5.73 Å². The summed E-state index contributed by atoms with van der Waals surface area (Å²) in [6, 6.07) is 0. The molecule has 6 heavy (non-hydrogen) atoms. The van der Waals surface area contributed by atoms with Gasteiger partial charge >= 0.3 is 0 Å². The van der Waals surface area contributed by atoms with Crippen LogP contribution in [-0.2, 0) is 0 Å². The largest absolute Gasteiger partial charge is 0.402 e. The van der Waals surface area contributed by atoms with Gasteiger partial charge in [0.05, 0.1) is 0 Å². The van der Waals surface area contributed by atoms with Gasteiger partial charge in [-0.3, -0.25) is 0 Å². The molecule has 1 atom stereocenters. The molecule has 0 aromatic rings. The Balaban J connectivity index is 2.51.